The van der Waals surface area contributed by atoms with Gasteiger partial charge in [0.05, 0.1) is 0 Å². The topological polar surface area (TPSA) is 64.1 Å². The summed E-state index contributed by atoms with van der Waals surface area (Å²) in [5.41, 5.74) is 0. The molecule has 6 heteroatoms. The Labute approximate surface area is 102 Å². The van der Waals surface area contributed by atoms with Crippen LogP contribution in [0.5, 0.6) is 0 Å². The number of carbonyl (C=O) groups is 2. The van der Waals surface area contributed by atoms with Gasteiger partial charge in [0.15, 0.2) is 0 Å². The molecule has 1 unspecified atom stereocenters. The summed E-state index contributed by atoms with van der Waals surface area (Å²) in [6.07, 6.45) is 0. The fraction of sp³-hybridized carbons (Fsp3) is 0.818. The van der Waals surface area contributed by atoms with Crippen molar-refractivity contribution in [1.29, 1.82) is 0 Å². The fourth-order valence-electron chi connectivity index (χ4n) is 1.83. The van der Waals surface area contributed by atoms with E-state index < -0.39 is 12.0 Å². The number of hydrogen-bond acceptors (Lipinski definition) is 3. The van der Waals surface area contributed by atoms with E-state index in [4.69, 9.17) is 5.11 Å². The monoisotopic (exact) mass is 243 g/mol. The maximum atomic E-state index is 11.9. The first-order chi connectivity index (χ1) is 7.97. The Morgan fingerprint density at radius 3 is 2.24 bits per heavy atom. The van der Waals surface area contributed by atoms with Crippen molar-refractivity contribution in [3.63, 3.8) is 0 Å². The first-order valence-electron chi connectivity index (χ1n) is 5.94. The lowest BCUT2D eigenvalue weighted by Crippen LogP contribution is -2.55. The Morgan fingerprint density at radius 2 is 1.82 bits per heavy atom. The number of hydrogen-bond donors (Lipinski definition) is 1. The number of carbonyl (C=O) groups excluding carboxylic acids is 1. The van der Waals surface area contributed by atoms with Crippen molar-refractivity contribution in [3.8, 4) is 0 Å². The molecule has 0 aliphatic carbocycles. The number of carboxylic acid groups (broad SMARTS) is 1. The Morgan fingerprint density at radius 1 is 1.29 bits per heavy atom. The van der Waals surface area contributed by atoms with Gasteiger partial charge < -0.3 is 14.9 Å². The molecule has 1 aliphatic heterocycles. The summed E-state index contributed by atoms with van der Waals surface area (Å²) in [6.45, 7) is 6.73. The van der Waals surface area contributed by atoms with Crippen LogP contribution < -0.4 is 0 Å². The lowest BCUT2D eigenvalue weighted by Gasteiger charge is -2.37. The van der Waals surface area contributed by atoms with Gasteiger partial charge in [0.25, 0.3) is 0 Å². The van der Waals surface area contributed by atoms with Crippen molar-refractivity contribution >= 4 is 12.0 Å². The van der Waals surface area contributed by atoms with Crippen LogP contribution in [-0.2, 0) is 4.79 Å². The van der Waals surface area contributed by atoms with Crippen LogP contribution in [0.15, 0.2) is 0 Å². The fourth-order valence-corrected chi connectivity index (χ4v) is 1.83. The Kier molecular flexibility index (Phi) is 4.74. The van der Waals surface area contributed by atoms with Crippen molar-refractivity contribution in [3.05, 3.63) is 0 Å². The molecule has 17 heavy (non-hydrogen) atoms. The van der Waals surface area contributed by atoms with E-state index in [-0.39, 0.29) is 6.03 Å². The lowest BCUT2D eigenvalue weighted by atomic mass is 10.2. The molecule has 1 rings (SSSR count). The molecule has 0 bridgehead atoms. The molecule has 0 spiro atoms. The van der Waals surface area contributed by atoms with Gasteiger partial charge in [0.2, 0.25) is 0 Å². The van der Waals surface area contributed by atoms with Crippen LogP contribution >= 0.6 is 0 Å². The number of carboxylic acids is 1. The van der Waals surface area contributed by atoms with Crippen molar-refractivity contribution in [2.75, 3.05) is 39.8 Å². The molecular formula is C11H21N3O3. The Balaban J connectivity index is 2.45. The predicted molar refractivity (Wildman–Crippen MR) is 63.9 cm³/mol. The molecule has 0 saturated carbocycles. The molecule has 0 aromatic carbocycles. The molecule has 98 valence electrons. The highest BCUT2D eigenvalue weighted by atomic mass is 16.4. The zero-order valence-corrected chi connectivity index (χ0v) is 10.7. The largest absolute Gasteiger partial charge is 0.480 e. The number of nitrogens with zero attached hydrogens (tertiary/aromatic N) is 3. The van der Waals surface area contributed by atoms with Gasteiger partial charge in [-0.15, -0.1) is 0 Å². The van der Waals surface area contributed by atoms with Gasteiger partial charge in [-0.25, -0.2) is 4.79 Å². The summed E-state index contributed by atoms with van der Waals surface area (Å²) < 4.78 is 0. The van der Waals surface area contributed by atoms with Gasteiger partial charge in [-0.3, -0.25) is 9.69 Å². The standard InChI is InChI=1S/C11H21N3O3/c1-4-12(3)11(17)14-7-5-13(6-8-14)9(2)10(15)16/h9H,4-8H2,1-3H3,(H,15,16). The molecule has 1 fully saturated rings. The minimum absolute atomic E-state index is 0.0233. The number of piperazine rings is 1. The van der Waals surface area contributed by atoms with Gasteiger partial charge in [0.1, 0.15) is 6.04 Å². The molecule has 6 nitrogen and oxygen atoms in total. The van der Waals surface area contributed by atoms with Crippen LogP contribution in [0.2, 0.25) is 0 Å². The van der Waals surface area contributed by atoms with Crippen LogP contribution in [0.4, 0.5) is 4.79 Å². The van der Waals surface area contributed by atoms with Crippen molar-refractivity contribution in [2.45, 2.75) is 19.9 Å². The predicted octanol–water partition coefficient (Wildman–Crippen LogP) is 0.149. The van der Waals surface area contributed by atoms with E-state index in [2.05, 4.69) is 0 Å². The number of urea groups is 1. The van der Waals surface area contributed by atoms with Crippen molar-refractivity contribution in [1.82, 2.24) is 14.7 Å². The van der Waals surface area contributed by atoms with E-state index in [0.29, 0.717) is 32.7 Å². The molecular weight excluding hydrogens is 222 g/mol. The summed E-state index contributed by atoms with van der Waals surface area (Å²) in [7, 11) is 1.77. The first kappa shape index (κ1) is 13.8. The number of aliphatic carboxylic acids is 1. The second kappa shape index (κ2) is 5.86. The van der Waals surface area contributed by atoms with Gasteiger partial charge in [-0.2, -0.15) is 0 Å². The normalized spacial score (nSPS) is 18.9. The smallest absolute Gasteiger partial charge is 0.320 e. The van der Waals surface area contributed by atoms with Crippen LogP contribution in [0.3, 0.4) is 0 Å². The molecule has 0 aromatic heterocycles. The highest BCUT2D eigenvalue weighted by Crippen LogP contribution is 2.08. The molecule has 1 heterocycles. The first-order valence-corrected chi connectivity index (χ1v) is 5.94. The van der Waals surface area contributed by atoms with E-state index in [1.165, 1.54) is 0 Å². The molecule has 1 atom stereocenters. The van der Waals surface area contributed by atoms with Crippen LogP contribution in [0.1, 0.15) is 13.8 Å². The summed E-state index contributed by atoms with van der Waals surface area (Å²) in [4.78, 5) is 28.0. The van der Waals surface area contributed by atoms with Gasteiger partial charge in [-0.1, -0.05) is 0 Å². The van der Waals surface area contributed by atoms with Crippen LogP contribution in [0, 0.1) is 0 Å². The van der Waals surface area contributed by atoms with Crippen molar-refractivity contribution < 1.29 is 14.7 Å². The highest BCUT2D eigenvalue weighted by molar-refractivity contribution is 5.74. The SMILES string of the molecule is CCN(C)C(=O)N1CCN(C(C)C(=O)O)CC1. The van der Waals surface area contributed by atoms with E-state index >= 15 is 0 Å². The molecule has 0 radical (unpaired) electrons. The molecule has 1 aliphatic rings. The average molecular weight is 243 g/mol. The van der Waals surface area contributed by atoms with Gasteiger partial charge in [-0.05, 0) is 13.8 Å². The Hall–Kier alpha value is -1.30. The van der Waals surface area contributed by atoms with Crippen LogP contribution in [0.25, 0.3) is 0 Å². The zero-order chi connectivity index (χ0) is 13.0. The number of amides is 2. The second-order valence-corrected chi connectivity index (χ2v) is 4.33. The van der Waals surface area contributed by atoms with E-state index in [1.807, 2.05) is 11.8 Å². The minimum atomic E-state index is -0.810. The summed E-state index contributed by atoms with van der Waals surface area (Å²) in [6, 6.07) is -0.453. The summed E-state index contributed by atoms with van der Waals surface area (Å²) in [5, 5.41) is 8.91. The third-order valence-corrected chi connectivity index (χ3v) is 3.29. The quantitative estimate of drug-likeness (QED) is 0.766. The third kappa shape index (κ3) is 3.33. The maximum Gasteiger partial charge on any atom is 0.320 e. The average Bonchev–Trinajstić information content (AvgIpc) is 2.36. The van der Waals surface area contributed by atoms with E-state index in [9.17, 15) is 9.59 Å². The highest BCUT2D eigenvalue weighted by Gasteiger charge is 2.27. The second-order valence-electron chi connectivity index (χ2n) is 4.33. The maximum absolute atomic E-state index is 11.9. The van der Waals surface area contributed by atoms with E-state index in [1.54, 1.807) is 23.8 Å². The van der Waals surface area contributed by atoms with Gasteiger partial charge >= 0.3 is 12.0 Å². The molecule has 1 saturated heterocycles. The number of rotatable bonds is 3. The molecule has 0 aromatic rings. The Bertz CT molecular complexity index is 288. The van der Waals surface area contributed by atoms with Crippen LogP contribution in [-0.4, -0.2) is 77.6 Å². The molecule has 2 amide bonds. The summed E-state index contributed by atoms with van der Waals surface area (Å²) >= 11 is 0. The van der Waals surface area contributed by atoms with Gasteiger partial charge in [0, 0.05) is 39.8 Å². The zero-order valence-electron chi connectivity index (χ0n) is 10.7. The van der Waals surface area contributed by atoms with E-state index in [0.717, 1.165) is 0 Å². The third-order valence-electron chi connectivity index (χ3n) is 3.29. The molecule has 1 N–H and O–H groups in total. The van der Waals surface area contributed by atoms with Crippen molar-refractivity contribution in [2.24, 2.45) is 0 Å². The summed E-state index contributed by atoms with van der Waals surface area (Å²) in [5.74, 6) is -0.810. The minimum Gasteiger partial charge on any atom is -0.480 e. The lowest BCUT2D eigenvalue weighted by molar-refractivity contribution is -0.143.